The molecule has 3 aliphatic carbocycles. The van der Waals surface area contributed by atoms with Crippen molar-refractivity contribution >= 4 is 23.2 Å². The second-order valence-electron chi connectivity index (χ2n) is 13.0. The van der Waals surface area contributed by atoms with Crippen LogP contribution in [-0.4, -0.2) is 98.2 Å². The van der Waals surface area contributed by atoms with E-state index in [-0.39, 0.29) is 59.7 Å². The maximum atomic E-state index is 16.1. The number of Topliss-reactive ketones (excluding diaryl/α,β-unsaturated/α-hetero) is 2. The second kappa shape index (κ2) is 10.7. The molecule has 1 aromatic rings. The van der Waals surface area contributed by atoms with E-state index in [1.54, 1.807) is 7.05 Å². The molecule has 0 heterocycles. The third-order valence-electron chi connectivity index (χ3n) is 9.08. The first kappa shape index (κ1) is 31.6. The highest BCUT2D eigenvalue weighted by Crippen LogP contribution is 2.53. The monoisotopic (exact) mass is 589 g/mol. The van der Waals surface area contributed by atoms with E-state index < -0.39 is 69.6 Å². The zero-order valence-electron chi connectivity index (χ0n) is 24.7. The van der Waals surface area contributed by atoms with Gasteiger partial charge in [0.15, 0.2) is 11.4 Å². The van der Waals surface area contributed by atoms with Gasteiger partial charge in [0, 0.05) is 41.8 Å². The summed E-state index contributed by atoms with van der Waals surface area (Å²) in [5.41, 5.74) is 0.952. The van der Waals surface area contributed by atoms with Crippen LogP contribution >= 0.6 is 0 Å². The summed E-state index contributed by atoms with van der Waals surface area (Å²) < 4.78 is 16.1. The summed E-state index contributed by atoms with van der Waals surface area (Å²) in [6.45, 7) is 6.05. The molecule has 1 aromatic carbocycles. The number of carbonyl (C=O) groups excluding carboxylic acids is 3. The van der Waals surface area contributed by atoms with Gasteiger partial charge in [-0.3, -0.25) is 24.2 Å². The van der Waals surface area contributed by atoms with E-state index in [0.29, 0.717) is 6.42 Å². The molecule has 12 heteroatoms. The van der Waals surface area contributed by atoms with E-state index in [2.05, 4.69) is 0 Å². The summed E-state index contributed by atoms with van der Waals surface area (Å²) in [6, 6.07) is -0.164. The third-order valence-corrected chi connectivity index (χ3v) is 9.08. The first-order valence-corrected chi connectivity index (χ1v) is 13.9. The Kier molecular flexibility index (Phi) is 8.09. The van der Waals surface area contributed by atoms with Crippen LogP contribution in [0.4, 0.5) is 4.39 Å². The number of hydrogen-bond acceptors (Lipinski definition) is 10. The predicted octanol–water partition coefficient (Wildman–Crippen LogP) is 1.33. The van der Waals surface area contributed by atoms with Crippen LogP contribution < -0.4 is 5.73 Å². The summed E-state index contributed by atoms with van der Waals surface area (Å²) in [4.78, 5) is 42.5. The summed E-state index contributed by atoms with van der Waals surface area (Å²) in [7, 11) is 4.81. The van der Waals surface area contributed by atoms with Crippen LogP contribution in [0.5, 0.6) is 5.75 Å². The van der Waals surface area contributed by atoms with Crippen molar-refractivity contribution in [3.8, 4) is 5.75 Å². The van der Waals surface area contributed by atoms with Crippen molar-refractivity contribution in [3.05, 3.63) is 45.5 Å². The molecule has 1 amide bonds. The first-order valence-electron chi connectivity index (χ1n) is 13.9. The number of aliphatic hydroxyl groups excluding tert-OH is 3. The number of aliphatic hydroxyl groups is 4. The van der Waals surface area contributed by atoms with E-state index in [1.807, 2.05) is 25.7 Å². The molecule has 42 heavy (non-hydrogen) atoms. The van der Waals surface area contributed by atoms with Crippen molar-refractivity contribution in [2.45, 2.75) is 64.3 Å². The highest BCUT2D eigenvalue weighted by Gasteiger charge is 2.64. The molecule has 11 nitrogen and oxygen atoms in total. The molecule has 0 bridgehead atoms. The molecular weight excluding hydrogens is 549 g/mol. The Bertz CT molecular complexity index is 1410. The molecule has 0 radical (unpaired) electrons. The minimum absolute atomic E-state index is 0.0153. The second-order valence-corrected chi connectivity index (χ2v) is 13.0. The fraction of sp³-hybridized carbons (Fsp3) is 0.567. The average molecular weight is 590 g/mol. The maximum absolute atomic E-state index is 16.1. The number of carbonyl (C=O) groups is 3. The summed E-state index contributed by atoms with van der Waals surface area (Å²) in [6.07, 6.45) is 0.188. The van der Waals surface area contributed by atoms with E-state index >= 15 is 4.39 Å². The van der Waals surface area contributed by atoms with Crippen LogP contribution in [-0.2, 0) is 27.3 Å². The molecule has 4 rings (SSSR count). The number of benzene rings is 1. The van der Waals surface area contributed by atoms with E-state index in [9.17, 15) is 39.9 Å². The van der Waals surface area contributed by atoms with Crippen molar-refractivity contribution in [3.63, 3.8) is 0 Å². The van der Waals surface area contributed by atoms with Crippen molar-refractivity contribution in [1.29, 1.82) is 0 Å². The molecule has 1 fully saturated rings. The Morgan fingerprint density at radius 3 is 2.33 bits per heavy atom. The zero-order chi connectivity index (χ0) is 31.6. The Hall–Kier alpha value is -3.32. The molecule has 7 N–H and O–H groups in total. The van der Waals surface area contributed by atoms with Crippen molar-refractivity contribution in [1.82, 2.24) is 9.80 Å². The number of aromatic hydroxyl groups is 1. The van der Waals surface area contributed by atoms with Crippen LogP contribution in [0.25, 0.3) is 5.76 Å². The number of ketones is 2. The van der Waals surface area contributed by atoms with E-state index in [0.717, 1.165) is 0 Å². The van der Waals surface area contributed by atoms with E-state index in [4.69, 9.17) is 5.73 Å². The number of amides is 1. The van der Waals surface area contributed by atoms with Crippen molar-refractivity contribution < 1.29 is 44.3 Å². The molecule has 0 saturated heterocycles. The highest BCUT2D eigenvalue weighted by molar-refractivity contribution is 6.24. The van der Waals surface area contributed by atoms with Gasteiger partial charge in [0.25, 0.3) is 5.91 Å². The number of phenols is 1. The first-order chi connectivity index (χ1) is 19.4. The SMILES string of the molecule is CN(C)[C@@H]1C(=O)C(C(N)=O)=C(O)[C@@]2(O)C(=O)C3=C(O)c4c(O)cc(CN(C)[C@H](CCO)C(C)(C)C)c(F)c4C[C@H]3C[C@@H]12. The topological polar surface area (TPSA) is 185 Å². The normalized spacial score (nSPS) is 26.9. The van der Waals surface area contributed by atoms with Gasteiger partial charge in [-0.1, -0.05) is 20.8 Å². The Balaban J connectivity index is 1.84. The number of rotatable bonds is 7. The summed E-state index contributed by atoms with van der Waals surface area (Å²) in [5.74, 6) is -8.50. The van der Waals surface area contributed by atoms with Crippen molar-refractivity contribution in [2.75, 3.05) is 27.7 Å². The molecule has 3 aliphatic rings. The van der Waals surface area contributed by atoms with Crippen LogP contribution in [0.1, 0.15) is 50.3 Å². The van der Waals surface area contributed by atoms with E-state index in [1.165, 1.54) is 25.1 Å². The van der Waals surface area contributed by atoms with Gasteiger partial charge in [-0.2, -0.15) is 0 Å². The van der Waals surface area contributed by atoms with Gasteiger partial charge in [-0.15, -0.1) is 0 Å². The lowest BCUT2D eigenvalue weighted by molar-refractivity contribution is -0.153. The lowest BCUT2D eigenvalue weighted by Gasteiger charge is -2.50. The molecular formula is C30H40FN3O8. The van der Waals surface area contributed by atoms with Crippen LogP contribution in [0.2, 0.25) is 0 Å². The number of likely N-dealkylation sites (N-methyl/N-ethyl adjacent to an activating group) is 1. The predicted molar refractivity (Wildman–Crippen MR) is 151 cm³/mol. The Labute approximate surface area is 243 Å². The lowest BCUT2D eigenvalue weighted by Crippen LogP contribution is -2.65. The number of hydrogen-bond donors (Lipinski definition) is 6. The van der Waals surface area contributed by atoms with Crippen LogP contribution in [0, 0.1) is 23.1 Å². The molecule has 0 unspecified atom stereocenters. The van der Waals surface area contributed by atoms with Gasteiger partial charge in [0.05, 0.1) is 11.6 Å². The van der Waals surface area contributed by atoms with Crippen LogP contribution in [0.3, 0.4) is 0 Å². The third kappa shape index (κ3) is 4.70. The molecule has 0 spiro atoms. The van der Waals surface area contributed by atoms with Gasteiger partial charge in [0.1, 0.15) is 28.7 Å². The zero-order valence-corrected chi connectivity index (χ0v) is 24.7. The minimum atomic E-state index is -2.75. The average Bonchev–Trinajstić information content (AvgIpc) is 2.86. The summed E-state index contributed by atoms with van der Waals surface area (Å²) >= 11 is 0. The van der Waals surface area contributed by atoms with Gasteiger partial charge in [0.2, 0.25) is 5.78 Å². The lowest BCUT2D eigenvalue weighted by atomic mass is 9.57. The van der Waals surface area contributed by atoms with Gasteiger partial charge in [-0.05, 0) is 57.8 Å². The van der Waals surface area contributed by atoms with Crippen LogP contribution in [0.15, 0.2) is 23.0 Å². The van der Waals surface area contributed by atoms with Gasteiger partial charge >= 0.3 is 0 Å². The molecule has 230 valence electrons. The molecule has 0 aliphatic heterocycles. The smallest absolute Gasteiger partial charge is 0.255 e. The fourth-order valence-electron chi connectivity index (χ4n) is 7.28. The highest BCUT2D eigenvalue weighted by atomic mass is 19.1. The maximum Gasteiger partial charge on any atom is 0.255 e. The molecule has 1 saturated carbocycles. The van der Waals surface area contributed by atoms with Gasteiger partial charge in [-0.25, -0.2) is 4.39 Å². The fourth-order valence-corrected chi connectivity index (χ4v) is 7.28. The minimum Gasteiger partial charge on any atom is -0.508 e. The standard InChI is InChI=1S/C30H40FN3O8/c1-29(2,3)18(7-8-35)34(6)12-14-11-17(36)20-15(22(14)31)9-13-10-16-23(33(4)5)25(38)21(28(32)41)27(40)30(16,42)26(39)19(13)24(20)37/h11,13,16,18,23,35-37,40,42H,7-10,12H2,1-6H3,(H2,32,41)/t13-,16-,18+,23-,30-/m0/s1. The number of nitrogens with zero attached hydrogens (tertiary/aromatic N) is 2. The summed E-state index contributed by atoms with van der Waals surface area (Å²) in [5, 5.41) is 54.4. The molecule has 5 atom stereocenters. The largest absolute Gasteiger partial charge is 0.508 e. The quantitative estimate of drug-likeness (QED) is 0.254. The number of nitrogens with two attached hydrogens (primary N) is 1. The number of halogens is 1. The number of fused-ring (bicyclic) bond motifs is 3. The van der Waals surface area contributed by atoms with Crippen molar-refractivity contribution in [2.24, 2.45) is 23.0 Å². The number of primary amides is 1. The molecule has 0 aromatic heterocycles. The number of phenolic OH excluding ortho intramolecular Hbond substituents is 1. The Morgan fingerprint density at radius 2 is 1.81 bits per heavy atom. The Morgan fingerprint density at radius 1 is 1.19 bits per heavy atom. The van der Waals surface area contributed by atoms with Gasteiger partial charge < -0.3 is 31.3 Å².